The van der Waals surface area contributed by atoms with Gasteiger partial charge in [0.05, 0.1) is 24.4 Å². The van der Waals surface area contributed by atoms with E-state index in [4.69, 9.17) is 0 Å². The second kappa shape index (κ2) is 7.52. The van der Waals surface area contributed by atoms with E-state index in [1.165, 1.54) is 0 Å². The average Bonchev–Trinajstić information content (AvgIpc) is 3.19. The number of hydrogen-bond acceptors (Lipinski definition) is 4. The van der Waals surface area contributed by atoms with E-state index < -0.39 is 6.10 Å². The van der Waals surface area contributed by atoms with Crippen LogP contribution in [0, 0.1) is 5.92 Å². The van der Waals surface area contributed by atoms with Crippen LogP contribution in [0.1, 0.15) is 6.42 Å². The van der Waals surface area contributed by atoms with Crippen molar-refractivity contribution in [1.82, 2.24) is 25.3 Å². The molecule has 1 aliphatic rings. The van der Waals surface area contributed by atoms with E-state index >= 15 is 0 Å². The summed E-state index contributed by atoms with van der Waals surface area (Å²) in [6, 6.07) is 7.68. The second-order valence-corrected chi connectivity index (χ2v) is 6.27. The van der Waals surface area contributed by atoms with Gasteiger partial charge in [0.25, 0.3) is 0 Å². The summed E-state index contributed by atoms with van der Waals surface area (Å²) in [6.45, 7) is 1.64. The van der Waals surface area contributed by atoms with Crippen molar-refractivity contribution in [1.29, 1.82) is 0 Å². The number of aromatic nitrogens is 2. The van der Waals surface area contributed by atoms with Crippen LogP contribution in [0.4, 0.5) is 4.79 Å². The van der Waals surface area contributed by atoms with Gasteiger partial charge in [-0.2, -0.15) is 5.10 Å². The molecule has 0 unspecified atom stereocenters. The molecule has 1 fully saturated rings. The lowest BCUT2D eigenvalue weighted by Gasteiger charge is -2.17. The first kappa shape index (κ1) is 17.2. The van der Waals surface area contributed by atoms with Crippen molar-refractivity contribution in [2.45, 2.75) is 19.1 Å². The number of hydrogen-bond donors (Lipinski definition) is 3. The van der Waals surface area contributed by atoms with E-state index in [0.717, 1.165) is 10.9 Å². The fourth-order valence-corrected chi connectivity index (χ4v) is 3.15. The molecule has 0 spiro atoms. The molecule has 2 heterocycles. The first-order valence-corrected chi connectivity index (χ1v) is 8.40. The highest BCUT2D eigenvalue weighted by atomic mass is 16.3. The third-order valence-electron chi connectivity index (χ3n) is 4.57. The number of para-hydroxylation sites is 1. The summed E-state index contributed by atoms with van der Waals surface area (Å²) in [4.78, 5) is 25.3. The summed E-state index contributed by atoms with van der Waals surface area (Å²) in [7, 11) is 1.56. The number of benzene rings is 1. The molecule has 1 saturated heterocycles. The van der Waals surface area contributed by atoms with Crippen molar-refractivity contribution in [2.24, 2.45) is 5.92 Å². The van der Waals surface area contributed by atoms with Crippen molar-refractivity contribution < 1.29 is 14.7 Å². The van der Waals surface area contributed by atoms with Crippen LogP contribution in [-0.2, 0) is 11.3 Å². The molecule has 0 saturated carbocycles. The summed E-state index contributed by atoms with van der Waals surface area (Å²) in [5.74, 6) is -0.349. The van der Waals surface area contributed by atoms with E-state index in [-0.39, 0.29) is 30.8 Å². The van der Waals surface area contributed by atoms with Gasteiger partial charge in [-0.05, 0) is 6.07 Å². The molecule has 1 aliphatic heterocycles. The van der Waals surface area contributed by atoms with Crippen molar-refractivity contribution in [2.75, 3.05) is 26.7 Å². The highest BCUT2D eigenvalue weighted by molar-refractivity contribution is 5.78. The summed E-state index contributed by atoms with van der Waals surface area (Å²) in [6.07, 6.45) is 1.36. The van der Waals surface area contributed by atoms with Crippen molar-refractivity contribution >= 4 is 22.8 Å². The van der Waals surface area contributed by atoms with Gasteiger partial charge in [-0.1, -0.05) is 18.2 Å². The molecule has 0 bridgehead atoms. The Kier molecular flexibility index (Phi) is 5.18. The molecule has 3 N–H and O–H groups in total. The number of carbonyl (C=O) groups excluding carboxylic acids is 2. The smallest absolute Gasteiger partial charge is 0.317 e. The Balaban J connectivity index is 1.49. The van der Waals surface area contributed by atoms with Crippen LogP contribution in [0.5, 0.6) is 0 Å². The largest absolute Gasteiger partial charge is 0.391 e. The Morgan fingerprint density at radius 3 is 2.92 bits per heavy atom. The van der Waals surface area contributed by atoms with Crippen LogP contribution >= 0.6 is 0 Å². The average molecular weight is 345 g/mol. The highest BCUT2D eigenvalue weighted by Gasteiger charge is 2.34. The predicted molar refractivity (Wildman–Crippen MR) is 92.9 cm³/mol. The summed E-state index contributed by atoms with van der Waals surface area (Å²) >= 11 is 0. The van der Waals surface area contributed by atoms with Crippen LogP contribution in [0.15, 0.2) is 30.5 Å². The first-order valence-electron chi connectivity index (χ1n) is 8.40. The minimum Gasteiger partial charge on any atom is -0.391 e. The number of carbonyl (C=O) groups is 2. The Hall–Kier alpha value is -2.61. The number of rotatable bonds is 5. The van der Waals surface area contributed by atoms with Crippen molar-refractivity contribution in [3.63, 3.8) is 0 Å². The topological polar surface area (TPSA) is 99.5 Å². The molecular formula is C17H23N5O3. The van der Waals surface area contributed by atoms with Crippen LogP contribution in [0.3, 0.4) is 0 Å². The number of nitrogens with one attached hydrogen (secondary N) is 2. The molecule has 2 aromatic rings. The zero-order valence-electron chi connectivity index (χ0n) is 14.2. The molecule has 1 aromatic heterocycles. The fraction of sp³-hybridized carbons (Fsp3) is 0.471. The second-order valence-electron chi connectivity index (χ2n) is 6.27. The van der Waals surface area contributed by atoms with Crippen molar-refractivity contribution in [3.05, 3.63) is 30.5 Å². The number of nitrogens with zero attached hydrogens (tertiary/aromatic N) is 3. The Labute approximate surface area is 145 Å². The van der Waals surface area contributed by atoms with E-state index in [9.17, 15) is 14.7 Å². The molecule has 3 amide bonds. The maximum atomic E-state index is 12.3. The molecule has 3 rings (SSSR count). The fourth-order valence-electron chi connectivity index (χ4n) is 3.15. The molecule has 1 aromatic carbocycles. The molecule has 25 heavy (non-hydrogen) atoms. The number of fused-ring (bicyclic) bond motifs is 1. The predicted octanol–water partition coefficient (Wildman–Crippen LogP) is 0.175. The quantitative estimate of drug-likeness (QED) is 0.719. The Bertz CT molecular complexity index is 760. The number of aliphatic hydroxyl groups is 1. The van der Waals surface area contributed by atoms with E-state index in [2.05, 4.69) is 15.7 Å². The van der Waals surface area contributed by atoms with Crippen LogP contribution < -0.4 is 10.6 Å². The van der Waals surface area contributed by atoms with E-state index in [1.807, 2.05) is 28.9 Å². The minimum absolute atomic E-state index is 0.128. The summed E-state index contributed by atoms with van der Waals surface area (Å²) < 4.78 is 1.85. The van der Waals surface area contributed by atoms with Crippen molar-refractivity contribution in [3.8, 4) is 0 Å². The van der Waals surface area contributed by atoms with Crippen LogP contribution in [-0.4, -0.2) is 64.5 Å². The Morgan fingerprint density at radius 2 is 2.12 bits per heavy atom. The van der Waals surface area contributed by atoms with Gasteiger partial charge in [0.2, 0.25) is 5.91 Å². The maximum Gasteiger partial charge on any atom is 0.317 e. The molecular weight excluding hydrogens is 322 g/mol. The number of β-amino-alcohol motifs (C(OH)–C–C–N with tert-alkyl or cyclic N) is 1. The lowest BCUT2D eigenvalue weighted by molar-refractivity contribution is -0.122. The van der Waals surface area contributed by atoms with Gasteiger partial charge >= 0.3 is 6.03 Å². The SMILES string of the molecule is CNC(=O)C[C@@H]1CN(C(=O)NCCn2ncc3ccccc32)C[C@H]1O. The van der Waals surface area contributed by atoms with Gasteiger partial charge in [0.1, 0.15) is 0 Å². The third-order valence-corrected chi connectivity index (χ3v) is 4.57. The Morgan fingerprint density at radius 1 is 1.32 bits per heavy atom. The minimum atomic E-state index is -0.668. The van der Waals surface area contributed by atoms with Gasteiger partial charge in [-0.15, -0.1) is 0 Å². The van der Waals surface area contributed by atoms with Gasteiger partial charge in [0.15, 0.2) is 0 Å². The normalized spacial score (nSPS) is 20.0. The molecule has 2 atom stereocenters. The van der Waals surface area contributed by atoms with Crippen LogP contribution in [0.2, 0.25) is 0 Å². The summed E-state index contributed by atoms with van der Waals surface area (Å²) in [5, 5.41) is 20.8. The standard InChI is InChI=1S/C17H23N5O3/c1-18-16(24)8-13-10-21(11-15(13)23)17(25)19-6-7-22-14-5-3-2-4-12(14)9-20-22/h2-5,9,13,15,23H,6-8,10-11H2,1H3,(H,18,24)(H,19,25)/t13-,15-/m1/s1. The van der Waals surface area contributed by atoms with Crippen LogP contribution in [0.25, 0.3) is 10.9 Å². The zero-order valence-corrected chi connectivity index (χ0v) is 14.2. The molecule has 134 valence electrons. The molecule has 8 heteroatoms. The van der Waals surface area contributed by atoms with Gasteiger partial charge in [-0.3, -0.25) is 9.48 Å². The lowest BCUT2D eigenvalue weighted by Crippen LogP contribution is -2.40. The van der Waals surface area contributed by atoms with Gasteiger partial charge < -0.3 is 20.6 Å². The van der Waals surface area contributed by atoms with Gasteiger partial charge in [0, 0.05) is 44.4 Å². The van der Waals surface area contributed by atoms with E-state index in [1.54, 1.807) is 18.1 Å². The monoisotopic (exact) mass is 345 g/mol. The maximum absolute atomic E-state index is 12.3. The third kappa shape index (κ3) is 3.90. The van der Waals surface area contributed by atoms with E-state index in [0.29, 0.717) is 19.6 Å². The number of urea groups is 1. The summed E-state index contributed by atoms with van der Waals surface area (Å²) in [5.41, 5.74) is 1.03. The molecule has 8 nitrogen and oxygen atoms in total. The molecule has 0 radical (unpaired) electrons. The number of likely N-dealkylation sites (tertiary alicyclic amines) is 1. The first-order chi connectivity index (χ1) is 12.1. The number of amides is 3. The number of aliphatic hydroxyl groups excluding tert-OH is 1. The van der Waals surface area contributed by atoms with Gasteiger partial charge in [-0.25, -0.2) is 4.79 Å². The molecule has 0 aliphatic carbocycles. The zero-order chi connectivity index (χ0) is 17.8. The lowest BCUT2D eigenvalue weighted by atomic mass is 10.0. The highest BCUT2D eigenvalue weighted by Crippen LogP contribution is 2.20.